The molecule has 3 aliphatic rings. The highest BCUT2D eigenvalue weighted by molar-refractivity contribution is 5.83. The van der Waals surface area contributed by atoms with E-state index in [1.807, 2.05) is 0 Å². The van der Waals surface area contributed by atoms with Gasteiger partial charge < -0.3 is 24.7 Å². The van der Waals surface area contributed by atoms with Crippen molar-refractivity contribution >= 4 is 12.0 Å². The summed E-state index contributed by atoms with van der Waals surface area (Å²) >= 11 is 0. The summed E-state index contributed by atoms with van der Waals surface area (Å²) < 4.78 is 5.66. The zero-order valence-corrected chi connectivity index (χ0v) is 10.6. The fourth-order valence-corrected chi connectivity index (χ4v) is 3.21. The van der Waals surface area contributed by atoms with Crippen LogP contribution in [-0.4, -0.2) is 76.0 Å². The number of fused-ring (bicyclic) bond motifs is 2. The predicted octanol–water partition coefficient (Wildman–Crippen LogP) is -0.511. The maximum atomic E-state index is 12.4. The van der Waals surface area contributed by atoms with E-state index in [1.165, 1.54) is 4.90 Å². The number of carboxylic acids is 1. The molecule has 3 heterocycles. The van der Waals surface area contributed by atoms with Crippen molar-refractivity contribution in [2.45, 2.75) is 43.6 Å². The lowest BCUT2D eigenvalue weighted by Crippen LogP contribution is -2.53. The van der Waals surface area contributed by atoms with Crippen LogP contribution in [0.15, 0.2) is 0 Å². The van der Waals surface area contributed by atoms with Gasteiger partial charge in [-0.1, -0.05) is 0 Å². The van der Waals surface area contributed by atoms with Gasteiger partial charge in [0.15, 0.2) is 0 Å². The Balaban J connectivity index is 1.71. The number of carbonyl (C=O) groups is 2. The Bertz CT molecular complexity index is 390. The second kappa shape index (κ2) is 4.64. The number of aliphatic carboxylic acids is 1. The Morgan fingerprint density at radius 2 is 1.74 bits per heavy atom. The van der Waals surface area contributed by atoms with Gasteiger partial charge in [0.2, 0.25) is 0 Å². The Hall–Kier alpha value is -1.34. The minimum atomic E-state index is -1.05. The molecule has 7 nitrogen and oxygen atoms in total. The number of nitrogens with zero attached hydrogens (tertiary/aromatic N) is 2. The minimum Gasteiger partial charge on any atom is -0.480 e. The van der Waals surface area contributed by atoms with Crippen LogP contribution in [-0.2, 0) is 9.53 Å². The Labute approximate surface area is 110 Å². The third kappa shape index (κ3) is 2.28. The van der Waals surface area contributed by atoms with Crippen LogP contribution >= 0.6 is 0 Å². The monoisotopic (exact) mass is 270 g/mol. The first-order chi connectivity index (χ1) is 9.04. The van der Waals surface area contributed by atoms with E-state index in [0.717, 1.165) is 12.8 Å². The standard InChI is InChI=1S/C12H18N2O5/c15-7-3-10(11(16)17)14(4-7)12(18)13-5-8-1-2-9(6-13)19-8/h7-10,15H,1-6H2,(H,16,17)/t7?,8?,9?,10-/m0/s1. The Morgan fingerprint density at radius 1 is 1.11 bits per heavy atom. The maximum Gasteiger partial charge on any atom is 0.326 e. The Morgan fingerprint density at radius 3 is 2.32 bits per heavy atom. The van der Waals surface area contributed by atoms with Crippen LogP contribution in [0.5, 0.6) is 0 Å². The first-order valence-corrected chi connectivity index (χ1v) is 6.66. The van der Waals surface area contributed by atoms with Crippen LogP contribution in [0.1, 0.15) is 19.3 Å². The molecule has 0 aromatic heterocycles. The van der Waals surface area contributed by atoms with Gasteiger partial charge in [-0.25, -0.2) is 9.59 Å². The third-order valence-electron chi connectivity index (χ3n) is 4.12. The normalized spacial score (nSPS) is 37.7. The summed E-state index contributed by atoms with van der Waals surface area (Å²) in [6.45, 7) is 1.14. The molecule has 2 bridgehead atoms. The molecule has 0 aromatic carbocycles. The molecule has 3 rings (SSSR count). The van der Waals surface area contributed by atoms with E-state index >= 15 is 0 Å². The molecule has 0 spiro atoms. The number of rotatable bonds is 1. The number of morpholine rings is 1. The third-order valence-corrected chi connectivity index (χ3v) is 4.12. The molecule has 7 heteroatoms. The van der Waals surface area contributed by atoms with Gasteiger partial charge in [0.05, 0.1) is 18.3 Å². The van der Waals surface area contributed by atoms with Crippen molar-refractivity contribution in [1.82, 2.24) is 9.80 Å². The molecule has 0 saturated carbocycles. The lowest BCUT2D eigenvalue weighted by molar-refractivity contribution is -0.141. The van der Waals surface area contributed by atoms with E-state index in [4.69, 9.17) is 9.84 Å². The summed E-state index contributed by atoms with van der Waals surface area (Å²) in [6.07, 6.45) is 1.44. The second-order valence-electron chi connectivity index (χ2n) is 5.54. The fraction of sp³-hybridized carbons (Fsp3) is 0.833. The molecular formula is C12H18N2O5. The SMILES string of the molecule is O=C(O)[C@@H]1CC(O)CN1C(=O)N1CC2CCC(C1)O2. The van der Waals surface area contributed by atoms with Gasteiger partial charge in [-0.2, -0.15) is 0 Å². The van der Waals surface area contributed by atoms with Crippen LogP contribution in [0.2, 0.25) is 0 Å². The number of aliphatic hydroxyl groups excluding tert-OH is 1. The van der Waals surface area contributed by atoms with E-state index in [-0.39, 0.29) is 31.2 Å². The molecule has 0 radical (unpaired) electrons. The van der Waals surface area contributed by atoms with Crippen molar-refractivity contribution in [3.63, 3.8) is 0 Å². The number of aliphatic hydroxyl groups is 1. The topological polar surface area (TPSA) is 90.3 Å². The van der Waals surface area contributed by atoms with E-state index in [0.29, 0.717) is 13.1 Å². The van der Waals surface area contributed by atoms with Crippen molar-refractivity contribution in [2.75, 3.05) is 19.6 Å². The van der Waals surface area contributed by atoms with Crippen LogP contribution in [0.4, 0.5) is 4.79 Å². The summed E-state index contributed by atoms with van der Waals surface area (Å²) in [6, 6.07) is -1.20. The minimum absolute atomic E-state index is 0.0819. The molecule has 3 aliphatic heterocycles. The van der Waals surface area contributed by atoms with Gasteiger partial charge in [-0.05, 0) is 12.8 Å². The average Bonchev–Trinajstić information content (AvgIpc) is 2.91. The highest BCUT2D eigenvalue weighted by Gasteiger charge is 2.43. The van der Waals surface area contributed by atoms with Crippen LogP contribution in [0, 0.1) is 0 Å². The number of hydrogen-bond acceptors (Lipinski definition) is 4. The summed E-state index contributed by atoms with van der Waals surface area (Å²) in [5.74, 6) is -1.05. The first kappa shape index (κ1) is 12.7. The van der Waals surface area contributed by atoms with E-state index in [9.17, 15) is 14.7 Å². The number of amides is 2. The number of ether oxygens (including phenoxy) is 1. The van der Waals surface area contributed by atoms with E-state index < -0.39 is 18.1 Å². The molecule has 4 atom stereocenters. The molecule has 2 amide bonds. The molecule has 3 fully saturated rings. The summed E-state index contributed by atoms with van der Waals surface area (Å²) in [7, 11) is 0. The number of β-amino-alcohol motifs (C(OH)–C–C–N with tert-alkyl or cyclic N) is 1. The zero-order valence-electron chi connectivity index (χ0n) is 10.6. The molecule has 0 aliphatic carbocycles. The van der Waals surface area contributed by atoms with Gasteiger partial charge in [-0.3, -0.25) is 0 Å². The summed E-state index contributed by atoms with van der Waals surface area (Å²) in [4.78, 5) is 26.5. The Kier molecular flexibility index (Phi) is 3.10. The van der Waals surface area contributed by atoms with Crippen molar-refractivity contribution in [3.8, 4) is 0 Å². The van der Waals surface area contributed by atoms with Gasteiger partial charge in [0, 0.05) is 26.1 Å². The van der Waals surface area contributed by atoms with Crippen molar-refractivity contribution in [1.29, 1.82) is 0 Å². The highest BCUT2D eigenvalue weighted by Crippen LogP contribution is 2.28. The smallest absolute Gasteiger partial charge is 0.326 e. The van der Waals surface area contributed by atoms with Gasteiger partial charge >= 0.3 is 12.0 Å². The van der Waals surface area contributed by atoms with Gasteiger partial charge in [0.1, 0.15) is 6.04 Å². The molecule has 3 unspecified atom stereocenters. The number of carbonyl (C=O) groups excluding carboxylic acids is 1. The molecule has 2 N–H and O–H groups in total. The summed E-state index contributed by atoms with van der Waals surface area (Å²) in [5.41, 5.74) is 0. The van der Waals surface area contributed by atoms with Crippen molar-refractivity contribution < 1.29 is 24.5 Å². The van der Waals surface area contributed by atoms with Crippen LogP contribution < -0.4 is 0 Å². The zero-order chi connectivity index (χ0) is 13.6. The van der Waals surface area contributed by atoms with E-state index in [2.05, 4.69) is 0 Å². The number of urea groups is 1. The molecule has 0 aromatic rings. The van der Waals surface area contributed by atoms with Crippen LogP contribution in [0.3, 0.4) is 0 Å². The molecule has 106 valence electrons. The second-order valence-corrected chi connectivity index (χ2v) is 5.54. The van der Waals surface area contributed by atoms with Crippen molar-refractivity contribution in [3.05, 3.63) is 0 Å². The lowest BCUT2D eigenvalue weighted by atomic mass is 10.2. The van der Waals surface area contributed by atoms with Gasteiger partial charge in [0.25, 0.3) is 0 Å². The number of likely N-dealkylation sites (tertiary alicyclic amines) is 2. The predicted molar refractivity (Wildman–Crippen MR) is 63.6 cm³/mol. The van der Waals surface area contributed by atoms with Crippen LogP contribution in [0.25, 0.3) is 0 Å². The summed E-state index contributed by atoms with van der Waals surface area (Å²) in [5, 5.41) is 18.7. The first-order valence-electron chi connectivity index (χ1n) is 6.66. The largest absolute Gasteiger partial charge is 0.480 e. The van der Waals surface area contributed by atoms with Gasteiger partial charge in [-0.15, -0.1) is 0 Å². The fourth-order valence-electron chi connectivity index (χ4n) is 3.21. The average molecular weight is 270 g/mol. The van der Waals surface area contributed by atoms with E-state index in [1.54, 1.807) is 4.90 Å². The molecule has 3 saturated heterocycles. The maximum absolute atomic E-state index is 12.4. The number of hydrogen-bond donors (Lipinski definition) is 2. The highest BCUT2D eigenvalue weighted by atomic mass is 16.5. The quantitative estimate of drug-likeness (QED) is 0.669. The lowest BCUT2D eigenvalue weighted by Gasteiger charge is -2.35. The van der Waals surface area contributed by atoms with Crippen molar-refractivity contribution in [2.24, 2.45) is 0 Å². The molecular weight excluding hydrogens is 252 g/mol. The number of carboxylic acid groups (broad SMARTS) is 1. The molecule has 19 heavy (non-hydrogen) atoms.